The monoisotopic (exact) mass is 266 g/mol. The maximum atomic E-state index is 12.0. The molecule has 0 saturated carbocycles. The van der Waals surface area contributed by atoms with E-state index >= 15 is 0 Å². The fourth-order valence-electron chi connectivity index (χ4n) is 1.62. The zero-order valence-electron chi connectivity index (χ0n) is 12.2. The second-order valence-electron chi connectivity index (χ2n) is 5.08. The third kappa shape index (κ3) is 3.30. The van der Waals surface area contributed by atoms with Crippen molar-refractivity contribution in [2.75, 3.05) is 0 Å². The minimum atomic E-state index is -1.83. The molecule has 0 fully saturated rings. The second-order valence-corrected chi connectivity index (χ2v) is 5.08. The van der Waals surface area contributed by atoms with Crippen LogP contribution in [0.4, 0.5) is 0 Å². The molecule has 4 nitrogen and oxygen atoms in total. The van der Waals surface area contributed by atoms with Crippen molar-refractivity contribution >= 4 is 5.78 Å². The van der Waals surface area contributed by atoms with Gasteiger partial charge in [-0.2, -0.15) is 0 Å². The van der Waals surface area contributed by atoms with Gasteiger partial charge < -0.3 is 14.6 Å². The van der Waals surface area contributed by atoms with Gasteiger partial charge in [0.1, 0.15) is 0 Å². The third-order valence-electron chi connectivity index (χ3n) is 2.42. The first-order valence-corrected chi connectivity index (χ1v) is 6.68. The van der Waals surface area contributed by atoms with Crippen LogP contribution in [-0.4, -0.2) is 28.7 Å². The van der Waals surface area contributed by atoms with Crippen LogP contribution in [0.3, 0.4) is 0 Å². The van der Waals surface area contributed by atoms with Crippen molar-refractivity contribution in [2.45, 2.75) is 65.3 Å². The first kappa shape index (κ1) is 15.6. The fourth-order valence-corrected chi connectivity index (χ4v) is 1.62. The molecule has 0 bridgehead atoms. The summed E-state index contributed by atoms with van der Waals surface area (Å²) in [6.07, 6.45) is 1.19. The van der Waals surface area contributed by atoms with Gasteiger partial charge in [0.05, 0.1) is 12.2 Å². The first-order chi connectivity index (χ1) is 8.82. The molecular formula is C15H22O4. The van der Waals surface area contributed by atoms with E-state index in [0.717, 1.165) is 6.42 Å². The van der Waals surface area contributed by atoms with Crippen LogP contribution in [-0.2, 0) is 14.3 Å². The van der Waals surface area contributed by atoms with Crippen molar-refractivity contribution < 1.29 is 19.4 Å². The number of aliphatic hydroxyl groups is 1. The van der Waals surface area contributed by atoms with E-state index in [9.17, 15) is 9.90 Å². The Morgan fingerprint density at radius 1 is 1.21 bits per heavy atom. The van der Waals surface area contributed by atoms with Crippen molar-refractivity contribution in [3.63, 3.8) is 0 Å². The minimum Gasteiger partial charge on any atom is -0.487 e. The van der Waals surface area contributed by atoms with Crippen LogP contribution < -0.4 is 0 Å². The van der Waals surface area contributed by atoms with Gasteiger partial charge in [0.2, 0.25) is 5.76 Å². The molecule has 0 heterocycles. The zero-order chi connectivity index (χ0) is 14.6. The number of ether oxygens (including phenoxy) is 2. The van der Waals surface area contributed by atoms with Crippen LogP contribution in [0.2, 0.25) is 0 Å². The number of carbonyl (C=O) groups is 1. The lowest BCUT2D eigenvalue weighted by molar-refractivity contribution is -0.143. The summed E-state index contributed by atoms with van der Waals surface area (Å²) < 4.78 is 10.9. The van der Waals surface area contributed by atoms with Crippen LogP contribution >= 0.6 is 0 Å². The van der Waals surface area contributed by atoms with Crippen molar-refractivity contribution in [2.24, 2.45) is 0 Å². The van der Waals surface area contributed by atoms with Gasteiger partial charge in [0, 0.05) is 6.42 Å². The molecule has 0 saturated heterocycles. The number of ketones is 1. The van der Waals surface area contributed by atoms with Gasteiger partial charge in [-0.1, -0.05) is 18.8 Å². The molecule has 0 aliphatic heterocycles. The zero-order valence-corrected chi connectivity index (χ0v) is 12.2. The Morgan fingerprint density at radius 3 is 2.26 bits per heavy atom. The number of hydrogen-bond donors (Lipinski definition) is 1. The molecule has 0 aromatic carbocycles. The molecule has 4 heteroatoms. The summed E-state index contributed by atoms with van der Waals surface area (Å²) >= 11 is 0. The van der Waals surface area contributed by atoms with E-state index in [4.69, 9.17) is 9.47 Å². The van der Waals surface area contributed by atoms with Crippen LogP contribution in [0.15, 0.2) is 11.5 Å². The van der Waals surface area contributed by atoms with E-state index in [1.165, 1.54) is 0 Å². The van der Waals surface area contributed by atoms with Gasteiger partial charge in [-0.25, -0.2) is 0 Å². The van der Waals surface area contributed by atoms with E-state index in [0.29, 0.717) is 6.42 Å². The van der Waals surface area contributed by atoms with E-state index < -0.39 is 11.4 Å². The lowest BCUT2D eigenvalue weighted by Crippen LogP contribution is -2.52. The van der Waals surface area contributed by atoms with Crippen LogP contribution in [0.5, 0.6) is 0 Å². The van der Waals surface area contributed by atoms with Crippen molar-refractivity contribution in [3.8, 4) is 11.8 Å². The Labute approximate surface area is 114 Å². The lowest BCUT2D eigenvalue weighted by Gasteiger charge is -2.36. The second kappa shape index (κ2) is 6.12. The smallest absolute Gasteiger partial charge is 0.254 e. The van der Waals surface area contributed by atoms with E-state index in [-0.39, 0.29) is 23.7 Å². The van der Waals surface area contributed by atoms with Gasteiger partial charge in [0.15, 0.2) is 5.76 Å². The molecule has 19 heavy (non-hydrogen) atoms. The van der Waals surface area contributed by atoms with E-state index in [1.807, 2.05) is 34.6 Å². The van der Waals surface area contributed by atoms with Crippen LogP contribution in [0.25, 0.3) is 0 Å². The Hall–Kier alpha value is -1.47. The van der Waals surface area contributed by atoms with Crippen molar-refractivity contribution in [1.82, 2.24) is 0 Å². The molecule has 0 amide bonds. The lowest BCUT2D eigenvalue weighted by atomic mass is 9.83. The topological polar surface area (TPSA) is 55.8 Å². The van der Waals surface area contributed by atoms with E-state index in [2.05, 4.69) is 11.8 Å². The molecule has 0 radical (unpaired) electrons. The first-order valence-electron chi connectivity index (χ1n) is 6.68. The van der Waals surface area contributed by atoms with Crippen LogP contribution in [0.1, 0.15) is 47.5 Å². The molecule has 0 spiro atoms. The average molecular weight is 266 g/mol. The number of hydrogen-bond acceptors (Lipinski definition) is 4. The number of rotatable bonds is 5. The summed E-state index contributed by atoms with van der Waals surface area (Å²) in [5.74, 6) is 5.12. The minimum absolute atomic E-state index is 0.0944. The Morgan fingerprint density at radius 2 is 1.79 bits per heavy atom. The van der Waals surface area contributed by atoms with Crippen molar-refractivity contribution in [1.29, 1.82) is 0 Å². The van der Waals surface area contributed by atoms with Gasteiger partial charge in [-0.3, -0.25) is 4.79 Å². The summed E-state index contributed by atoms with van der Waals surface area (Å²) in [6.45, 7) is 9.25. The summed E-state index contributed by atoms with van der Waals surface area (Å²) in [7, 11) is 0. The molecule has 1 atom stereocenters. The fraction of sp³-hybridized carbons (Fsp3) is 0.667. The Bertz CT molecular complexity index is 437. The maximum absolute atomic E-state index is 12.0. The molecular weight excluding hydrogens is 244 g/mol. The highest BCUT2D eigenvalue weighted by molar-refractivity contribution is 6.12. The van der Waals surface area contributed by atoms with Gasteiger partial charge in [0.25, 0.3) is 11.4 Å². The molecule has 1 aliphatic rings. The van der Waals surface area contributed by atoms with Crippen LogP contribution in [0, 0.1) is 11.8 Å². The normalized spacial score (nSPS) is 22.2. The SMILES string of the molecule is CCCC#CC1(O)C(=O)C(OC(C)C)=C1OC(C)C. The van der Waals surface area contributed by atoms with E-state index in [1.54, 1.807) is 0 Å². The number of Topliss-reactive ketones (excluding diaryl/α,β-unsaturated/α-hetero) is 1. The molecule has 1 aliphatic carbocycles. The maximum Gasteiger partial charge on any atom is 0.254 e. The average Bonchev–Trinajstić information content (AvgIpc) is 2.33. The Balaban J connectivity index is 3.04. The molecule has 106 valence electrons. The summed E-state index contributed by atoms with van der Waals surface area (Å²) in [5.41, 5.74) is -1.83. The van der Waals surface area contributed by atoms with Gasteiger partial charge in [-0.05, 0) is 34.1 Å². The quantitative estimate of drug-likeness (QED) is 0.775. The van der Waals surface area contributed by atoms with Gasteiger partial charge in [-0.15, -0.1) is 0 Å². The van der Waals surface area contributed by atoms with Crippen molar-refractivity contribution in [3.05, 3.63) is 11.5 Å². The molecule has 1 rings (SSSR count). The molecule has 1 unspecified atom stereocenters. The summed E-state index contributed by atoms with van der Waals surface area (Å²) in [6, 6.07) is 0. The predicted octanol–water partition coefficient (Wildman–Crippen LogP) is 2.17. The third-order valence-corrected chi connectivity index (χ3v) is 2.42. The number of carbonyl (C=O) groups excluding carboxylic acids is 1. The summed E-state index contributed by atoms with van der Waals surface area (Å²) in [5, 5.41) is 10.3. The Kier molecular flexibility index (Phi) is 5.02. The number of unbranched alkanes of at least 4 members (excludes halogenated alkanes) is 1. The highest BCUT2D eigenvalue weighted by atomic mass is 16.5. The molecule has 0 aromatic heterocycles. The standard InChI is InChI=1S/C15H22O4/c1-6-7-8-9-15(17)13(16)12(18-10(2)3)14(15)19-11(4)5/h10-11,17H,6-7H2,1-5H3. The molecule has 0 aromatic rings. The highest BCUT2D eigenvalue weighted by Crippen LogP contribution is 2.37. The molecule has 1 N–H and O–H groups in total. The summed E-state index contributed by atoms with van der Waals surface area (Å²) in [4.78, 5) is 12.0. The highest BCUT2D eigenvalue weighted by Gasteiger charge is 2.56. The van der Waals surface area contributed by atoms with Gasteiger partial charge >= 0.3 is 0 Å². The largest absolute Gasteiger partial charge is 0.487 e. The predicted molar refractivity (Wildman–Crippen MR) is 72.1 cm³/mol.